The first kappa shape index (κ1) is 18.0. The molecule has 2 aliphatic rings. The van der Waals surface area contributed by atoms with E-state index in [1.807, 2.05) is 0 Å². The molecule has 1 aromatic rings. The summed E-state index contributed by atoms with van der Waals surface area (Å²) in [6.07, 6.45) is -1.02. The van der Waals surface area contributed by atoms with Gasteiger partial charge >= 0.3 is 6.18 Å². The predicted molar refractivity (Wildman–Crippen MR) is 83.2 cm³/mol. The van der Waals surface area contributed by atoms with E-state index in [1.165, 1.54) is 0 Å². The molecule has 0 bridgehead atoms. The van der Waals surface area contributed by atoms with Crippen molar-refractivity contribution in [2.75, 3.05) is 13.1 Å². The molecular formula is C14H21ClF3N3S. The van der Waals surface area contributed by atoms with Crippen molar-refractivity contribution >= 4 is 23.7 Å². The summed E-state index contributed by atoms with van der Waals surface area (Å²) in [5.41, 5.74) is 5.46. The molecule has 3 nitrogen and oxygen atoms in total. The molecular weight excluding hydrogens is 335 g/mol. The third kappa shape index (κ3) is 3.58. The maximum absolute atomic E-state index is 13.0. The van der Waals surface area contributed by atoms with Gasteiger partial charge in [-0.25, -0.2) is 4.98 Å². The third-order valence-corrected chi connectivity index (χ3v) is 5.63. The molecule has 1 aliphatic heterocycles. The van der Waals surface area contributed by atoms with Crippen LogP contribution in [0.25, 0.3) is 0 Å². The van der Waals surface area contributed by atoms with Crippen LogP contribution in [0.5, 0.6) is 0 Å². The van der Waals surface area contributed by atoms with Crippen LogP contribution in [0.4, 0.5) is 13.2 Å². The summed E-state index contributed by atoms with van der Waals surface area (Å²) < 4.78 is 39.0. The summed E-state index contributed by atoms with van der Waals surface area (Å²) in [4.78, 5) is 6.14. The predicted octanol–water partition coefficient (Wildman–Crippen LogP) is 3.45. The molecule has 22 heavy (non-hydrogen) atoms. The average Bonchev–Trinajstić information content (AvgIpc) is 2.93. The zero-order chi connectivity index (χ0) is 15.2. The van der Waals surface area contributed by atoms with Crippen molar-refractivity contribution in [3.63, 3.8) is 0 Å². The number of fused-ring (bicyclic) bond motifs is 1. The second-order valence-electron chi connectivity index (χ2n) is 6.22. The molecule has 3 unspecified atom stereocenters. The van der Waals surface area contributed by atoms with Crippen LogP contribution in [0.15, 0.2) is 0 Å². The minimum atomic E-state index is -4.36. The van der Waals surface area contributed by atoms with E-state index in [2.05, 4.69) is 9.88 Å². The Morgan fingerprint density at radius 2 is 2.05 bits per heavy atom. The van der Waals surface area contributed by atoms with Gasteiger partial charge in [0.25, 0.3) is 0 Å². The summed E-state index contributed by atoms with van der Waals surface area (Å²) in [5.74, 6) is 0.999. The first-order valence-electron chi connectivity index (χ1n) is 7.36. The Bertz CT molecular complexity index is 520. The van der Waals surface area contributed by atoms with Crippen LogP contribution in [0.3, 0.4) is 0 Å². The zero-order valence-corrected chi connectivity index (χ0v) is 14.0. The summed E-state index contributed by atoms with van der Waals surface area (Å²) in [5, 5.41) is 0.477. The maximum Gasteiger partial charge on any atom is 0.434 e. The molecule has 1 saturated heterocycles. The fourth-order valence-electron chi connectivity index (χ4n) is 3.74. The van der Waals surface area contributed by atoms with Crippen molar-refractivity contribution < 1.29 is 13.2 Å². The van der Waals surface area contributed by atoms with Crippen molar-refractivity contribution in [2.45, 2.75) is 44.9 Å². The number of thiazole rings is 1. The Balaban J connectivity index is 0.00000176. The molecule has 1 aliphatic carbocycles. The smallest absolute Gasteiger partial charge is 0.327 e. The van der Waals surface area contributed by atoms with Crippen molar-refractivity contribution in [1.29, 1.82) is 0 Å². The van der Waals surface area contributed by atoms with E-state index in [-0.39, 0.29) is 18.4 Å². The van der Waals surface area contributed by atoms with Gasteiger partial charge in [-0.15, -0.1) is 23.7 Å². The van der Waals surface area contributed by atoms with Gasteiger partial charge in [-0.05, 0) is 31.6 Å². The van der Waals surface area contributed by atoms with Gasteiger partial charge in [0.15, 0.2) is 5.69 Å². The summed E-state index contributed by atoms with van der Waals surface area (Å²) >= 11 is 1.16. The lowest BCUT2D eigenvalue weighted by Crippen LogP contribution is -2.38. The van der Waals surface area contributed by atoms with Gasteiger partial charge in [-0.2, -0.15) is 13.2 Å². The fraction of sp³-hybridized carbons (Fsp3) is 0.786. The quantitative estimate of drug-likeness (QED) is 0.883. The number of hydrogen-bond acceptors (Lipinski definition) is 4. The molecule has 2 N–H and O–H groups in total. The molecule has 0 aromatic carbocycles. The Hall–Kier alpha value is -0.370. The first-order chi connectivity index (χ1) is 9.84. The van der Waals surface area contributed by atoms with Crippen LogP contribution in [-0.2, 0) is 12.7 Å². The molecule has 1 aromatic heterocycles. The number of rotatable bonds is 2. The molecule has 3 atom stereocenters. The van der Waals surface area contributed by atoms with Gasteiger partial charge in [0.2, 0.25) is 0 Å². The summed E-state index contributed by atoms with van der Waals surface area (Å²) in [7, 11) is 0. The normalized spacial score (nSPS) is 29.2. The van der Waals surface area contributed by atoms with Gasteiger partial charge in [0.05, 0.1) is 9.88 Å². The molecule has 126 valence electrons. The molecule has 8 heteroatoms. The average molecular weight is 356 g/mol. The van der Waals surface area contributed by atoms with Crippen LogP contribution in [0.1, 0.15) is 34.8 Å². The van der Waals surface area contributed by atoms with E-state index >= 15 is 0 Å². The fourth-order valence-corrected chi connectivity index (χ4v) is 4.74. The maximum atomic E-state index is 13.0. The number of aromatic nitrogens is 1. The van der Waals surface area contributed by atoms with Crippen LogP contribution < -0.4 is 5.73 Å². The lowest BCUT2D eigenvalue weighted by molar-refractivity contribution is -0.141. The van der Waals surface area contributed by atoms with Gasteiger partial charge < -0.3 is 5.73 Å². The Kier molecular flexibility index (Phi) is 5.42. The monoisotopic (exact) mass is 355 g/mol. The molecule has 2 fully saturated rings. The molecule has 2 heterocycles. The molecule has 0 amide bonds. The zero-order valence-electron chi connectivity index (χ0n) is 12.4. The van der Waals surface area contributed by atoms with Gasteiger partial charge in [-0.3, -0.25) is 4.90 Å². The van der Waals surface area contributed by atoms with Crippen LogP contribution in [-0.4, -0.2) is 29.0 Å². The molecule has 1 saturated carbocycles. The Morgan fingerprint density at radius 3 is 2.68 bits per heavy atom. The third-order valence-electron chi connectivity index (χ3n) is 4.67. The highest BCUT2D eigenvalue weighted by molar-refractivity contribution is 7.11. The van der Waals surface area contributed by atoms with Crippen LogP contribution in [0, 0.1) is 18.8 Å². The van der Waals surface area contributed by atoms with Crippen LogP contribution >= 0.6 is 23.7 Å². The lowest BCUT2D eigenvalue weighted by Gasteiger charge is -2.29. The van der Waals surface area contributed by atoms with E-state index in [0.717, 1.165) is 43.7 Å². The van der Waals surface area contributed by atoms with Crippen LogP contribution in [0.2, 0.25) is 0 Å². The van der Waals surface area contributed by atoms with Crippen molar-refractivity contribution in [3.05, 3.63) is 15.6 Å². The standard InChI is InChI=1S/C14H20F3N3S.ClH/c1-8-19-13(14(15,16)17)12(21-8)7-20-5-9-3-2-4-11(18)10(9)6-20;/h9-11H,2-7,18H2,1H3;1H. The number of halogens is 4. The van der Waals surface area contributed by atoms with Crippen molar-refractivity contribution in [2.24, 2.45) is 17.6 Å². The Labute approximate surface area is 138 Å². The number of aryl methyl sites for hydroxylation is 1. The number of likely N-dealkylation sites (tertiary alicyclic amines) is 1. The largest absolute Gasteiger partial charge is 0.434 e. The molecule has 3 rings (SSSR count). The second kappa shape index (κ2) is 6.63. The van der Waals surface area contributed by atoms with E-state index in [0.29, 0.717) is 28.3 Å². The summed E-state index contributed by atoms with van der Waals surface area (Å²) in [6, 6.07) is 0.207. The van der Waals surface area contributed by atoms with Crippen molar-refractivity contribution in [1.82, 2.24) is 9.88 Å². The number of alkyl halides is 3. The van der Waals surface area contributed by atoms with E-state index in [1.54, 1.807) is 6.92 Å². The van der Waals surface area contributed by atoms with Gasteiger partial charge in [-0.1, -0.05) is 6.42 Å². The number of hydrogen-bond donors (Lipinski definition) is 1. The van der Waals surface area contributed by atoms with E-state index in [9.17, 15) is 13.2 Å². The van der Waals surface area contributed by atoms with Crippen molar-refractivity contribution in [3.8, 4) is 0 Å². The number of nitrogens with zero attached hydrogens (tertiary/aromatic N) is 2. The van der Waals surface area contributed by atoms with E-state index < -0.39 is 11.9 Å². The minimum Gasteiger partial charge on any atom is -0.327 e. The lowest BCUT2D eigenvalue weighted by atomic mass is 9.78. The van der Waals surface area contributed by atoms with E-state index in [4.69, 9.17) is 5.73 Å². The molecule has 0 radical (unpaired) electrons. The highest BCUT2D eigenvalue weighted by atomic mass is 35.5. The van der Waals surface area contributed by atoms with Gasteiger partial charge in [0.1, 0.15) is 0 Å². The summed E-state index contributed by atoms with van der Waals surface area (Å²) in [6.45, 7) is 3.66. The highest BCUT2D eigenvalue weighted by Gasteiger charge is 2.41. The minimum absolute atomic E-state index is 0. The number of nitrogens with two attached hydrogens (primary N) is 1. The van der Waals surface area contributed by atoms with Gasteiger partial charge in [0, 0.05) is 25.7 Å². The molecule has 0 spiro atoms. The topological polar surface area (TPSA) is 42.2 Å². The highest BCUT2D eigenvalue weighted by Crippen LogP contribution is 2.39. The second-order valence-corrected chi connectivity index (χ2v) is 7.50. The SMILES string of the molecule is Cc1nc(C(F)(F)F)c(CN2CC3CCCC(N)C3C2)s1.Cl. The first-order valence-corrected chi connectivity index (χ1v) is 8.17. The Morgan fingerprint density at radius 1 is 1.32 bits per heavy atom.